The first-order valence-electron chi connectivity index (χ1n) is 6.44. The molecule has 2 heterocycles. The molecule has 0 amide bonds. The van der Waals surface area contributed by atoms with Crippen molar-refractivity contribution >= 4 is 10.9 Å². The van der Waals surface area contributed by atoms with Crippen molar-refractivity contribution in [1.29, 1.82) is 0 Å². The Balaban J connectivity index is 2.14. The fourth-order valence-corrected chi connectivity index (χ4v) is 2.17. The Morgan fingerprint density at radius 1 is 0.842 bits per heavy atom. The minimum atomic E-state index is 1.02. The van der Waals surface area contributed by atoms with E-state index in [-0.39, 0.29) is 0 Å². The first kappa shape index (κ1) is 11.8. The van der Waals surface area contributed by atoms with Crippen molar-refractivity contribution < 1.29 is 0 Å². The zero-order chi connectivity index (χ0) is 13.4. The molecule has 0 aliphatic carbocycles. The molecule has 3 rings (SSSR count). The van der Waals surface area contributed by atoms with Crippen LogP contribution >= 0.6 is 0 Å². The van der Waals surface area contributed by atoms with Crippen molar-refractivity contribution in [2.24, 2.45) is 0 Å². The van der Waals surface area contributed by atoms with Crippen molar-refractivity contribution in [3.05, 3.63) is 59.4 Å². The number of rotatable bonds is 1. The summed E-state index contributed by atoms with van der Waals surface area (Å²) in [6.45, 7) is 6.21. The molecular formula is C17H16N2. The van der Waals surface area contributed by atoms with E-state index in [4.69, 9.17) is 0 Å². The molecule has 0 N–H and O–H groups in total. The highest BCUT2D eigenvalue weighted by Crippen LogP contribution is 2.23. The van der Waals surface area contributed by atoms with Crippen molar-refractivity contribution in [2.45, 2.75) is 20.8 Å². The van der Waals surface area contributed by atoms with Gasteiger partial charge in [-0.3, -0.25) is 9.97 Å². The third-order valence-electron chi connectivity index (χ3n) is 3.50. The van der Waals surface area contributed by atoms with Crippen LogP contribution in [0.25, 0.3) is 22.2 Å². The molecule has 19 heavy (non-hydrogen) atoms. The quantitative estimate of drug-likeness (QED) is 0.644. The summed E-state index contributed by atoms with van der Waals surface area (Å²) in [6.07, 6.45) is 1.93. The first-order chi connectivity index (χ1) is 9.13. The third kappa shape index (κ3) is 2.22. The van der Waals surface area contributed by atoms with Crippen LogP contribution in [0.5, 0.6) is 0 Å². The number of nitrogens with zero attached hydrogens (tertiary/aromatic N) is 2. The predicted molar refractivity (Wildman–Crippen MR) is 79.2 cm³/mol. The van der Waals surface area contributed by atoms with Gasteiger partial charge in [0.25, 0.3) is 0 Å². The highest BCUT2D eigenvalue weighted by atomic mass is 14.7. The topological polar surface area (TPSA) is 25.8 Å². The lowest BCUT2D eigenvalue weighted by atomic mass is 10.0. The van der Waals surface area contributed by atoms with Crippen LogP contribution in [-0.2, 0) is 0 Å². The molecule has 0 bridgehead atoms. The van der Waals surface area contributed by atoms with Gasteiger partial charge in [-0.1, -0.05) is 12.1 Å². The van der Waals surface area contributed by atoms with Crippen molar-refractivity contribution in [3.8, 4) is 11.3 Å². The summed E-state index contributed by atoms with van der Waals surface area (Å²) < 4.78 is 0. The Morgan fingerprint density at radius 2 is 1.68 bits per heavy atom. The van der Waals surface area contributed by atoms with Crippen molar-refractivity contribution in [3.63, 3.8) is 0 Å². The zero-order valence-corrected chi connectivity index (χ0v) is 11.4. The van der Waals surface area contributed by atoms with E-state index >= 15 is 0 Å². The van der Waals surface area contributed by atoms with E-state index in [9.17, 15) is 0 Å². The summed E-state index contributed by atoms with van der Waals surface area (Å²) in [5.74, 6) is 0. The molecule has 0 aliphatic rings. The number of hydrogen-bond acceptors (Lipinski definition) is 2. The molecule has 1 aromatic carbocycles. The van der Waals surface area contributed by atoms with Crippen LogP contribution in [0.1, 0.15) is 16.8 Å². The molecule has 0 aliphatic heterocycles. The molecule has 2 heteroatoms. The summed E-state index contributed by atoms with van der Waals surface area (Å²) in [6, 6.07) is 12.6. The SMILES string of the molecule is Cc1ccc2cc(-c3cc(C)c(C)cn3)ccc2n1. The summed E-state index contributed by atoms with van der Waals surface area (Å²) in [5, 5.41) is 1.16. The van der Waals surface area contributed by atoms with E-state index in [1.165, 1.54) is 11.1 Å². The van der Waals surface area contributed by atoms with Crippen LogP contribution in [0.2, 0.25) is 0 Å². The fourth-order valence-electron chi connectivity index (χ4n) is 2.17. The summed E-state index contributed by atoms with van der Waals surface area (Å²) in [5.41, 5.74) is 6.73. The smallest absolute Gasteiger partial charge is 0.0705 e. The molecule has 0 saturated carbocycles. The van der Waals surface area contributed by atoms with E-state index in [1.807, 2.05) is 19.2 Å². The normalized spacial score (nSPS) is 10.9. The average molecular weight is 248 g/mol. The maximum Gasteiger partial charge on any atom is 0.0705 e. The van der Waals surface area contributed by atoms with Gasteiger partial charge in [-0.05, 0) is 56.2 Å². The highest BCUT2D eigenvalue weighted by molar-refractivity contribution is 5.84. The molecule has 0 saturated heterocycles. The van der Waals surface area contributed by atoms with E-state index in [0.29, 0.717) is 0 Å². The molecule has 2 aromatic heterocycles. The van der Waals surface area contributed by atoms with E-state index in [1.54, 1.807) is 0 Å². The van der Waals surface area contributed by atoms with Gasteiger partial charge in [0.1, 0.15) is 0 Å². The number of benzene rings is 1. The maximum atomic E-state index is 4.52. The maximum absolute atomic E-state index is 4.52. The Bertz CT molecular complexity index is 760. The van der Waals surface area contributed by atoms with Crippen LogP contribution in [0.15, 0.2) is 42.6 Å². The van der Waals surface area contributed by atoms with Gasteiger partial charge in [-0.15, -0.1) is 0 Å². The lowest BCUT2D eigenvalue weighted by Crippen LogP contribution is -1.89. The van der Waals surface area contributed by atoms with Gasteiger partial charge >= 0.3 is 0 Å². The average Bonchev–Trinajstić information content (AvgIpc) is 2.41. The minimum absolute atomic E-state index is 1.02. The minimum Gasteiger partial charge on any atom is -0.256 e. The largest absolute Gasteiger partial charge is 0.256 e. The second-order valence-corrected chi connectivity index (χ2v) is 5.01. The standard InChI is InChI=1S/C17H16N2/c1-11-8-17(18-10-12(11)2)15-6-7-16-14(9-15)5-4-13(3)19-16/h4-10H,1-3H3. The molecule has 0 fully saturated rings. The van der Waals surface area contributed by atoms with Gasteiger partial charge in [0, 0.05) is 22.8 Å². The Labute approximate surface area is 113 Å². The molecule has 0 spiro atoms. The van der Waals surface area contributed by atoms with E-state index in [2.05, 4.69) is 54.1 Å². The van der Waals surface area contributed by atoms with E-state index in [0.717, 1.165) is 27.9 Å². The first-order valence-corrected chi connectivity index (χ1v) is 6.44. The molecule has 0 radical (unpaired) electrons. The van der Waals surface area contributed by atoms with Gasteiger partial charge in [-0.2, -0.15) is 0 Å². The number of fused-ring (bicyclic) bond motifs is 1. The van der Waals surface area contributed by atoms with Gasteiger partial charge in [0.2, 0.25) is 0 Å². The van der Waals surface area contributed by atoms with Crippen LogP contribution in [0.4, 0.5) is 0 Å². The highest BCUT2D eigenvalue weighted by Gasteiger charge is 2.03. The monoisotopic (exact) mass is 248 g/mol. The summed E-state index contributed by atoms with van der Waals surface area (Å²) in [4.78, 5) is 9.04. The number of pyridine rings is 2. The van der Waals surface area contributed by atoms with Crippen LogP contribution in [0.3, 0.4) is 0 Å². The van der Waals surface area contributed by atoms with Crippen LogP contribution < -0.4 is 0 Å². The summed E-state index contributed by atoms with van der Waals surface area (Å²) >= 11 is 0. The molecule has 0 unspecified atom stereocenters. The number of hydrogen-bond donors (Lipinski definition) is 0. The Hall–Kier alpha value is -2.22. The number of aryl methyl sites for hydroxylation is 3. The zero-order valence-electron chi connectivity index (χ0n) is 11.4. The van der Waals surface area contributed by atoms with Crippen molar-refractivity contribution in [2.75, 3.05) is 0 Å². The Morgan fingerprint density at radius 3 is 2.47 bits per heavy atom. The molecule has 2 nitrogen and oxygen atoms in total. The predicted octanol–water partition coefficient (Wildman–Crippen LogP) is 4.22. The third-order valence-corrected chi connectivity index (χ3v) is 3.50. The molecular weight excluding hydrogens is 232 g/mol. The summed E-state index contributed by atoms with van der Waals surface area (Å²) in [7, 11) is 0. The van der Waals surface area contributed by atoms with E-state index < -0.39 is 0 Å². The van der Waals surface area contributed by atoms with Crippen molar-refractivity contribution in [1.82, 2.24) is 9.97 Å². The van der Waals surface area contributed by atoms with Crippen LogP contribution in [-0.4, -0.2) is 9.97 Å². The number of aromatic nitrogens is 2. The van der Waals surface area contributed by atoms with Crippen LogP contribution in [0, 0.1) is 20.8 Å². The van der Waals surface area contributed by atoms with Gasteiger partial charge in [0.15, 0.2) is 0 Å². The second-order valence-electron chi connectivity index (χ2n) is 5.01. The lowest BCUT2D eigenvalue weighted by molar-refractivity contribution is 1.22. The van der Waals surface area contributed by atoms with Gasteiger partial charge < -0.3 is 0 Å². The molecule has 94 valence electrons. The molecule has 0 atom stereocenters. The van der Waals surface area contributed by atoms with Gasteiger partial charge in [0.05, 0.1) is 11.2 Å². The van der Waals surface area contributed by atoms with Gasteiger partial charge in [-0.25, -0.2) is 0 Å². The lowest BCUT2D eigenvalue weighted by Gasteiger charge is -2.06. The fraction of sp³-hybridized carbons (Fsp3) is 0.176. The molecule has 3 aromatic rings. The second kappa shape index (κ2) is 4.47. The Kier molecular flexibility index (Phi) is 2.79.